The van der Waals surface area contributed by atoms with Crippen molar-refractivity contribution >= 4 is 0 Å². The van der Waals surface area contributed by atoms with Crippen molar-refractivity contribution in [3.05, 3.63) is 0 Å². The van der Waals surface area contributed by atoms with Gasteiger partial charge in [-0.05, 0) is 57.3 Å². The van der Waals surface area contributed by atoms with Crippen LogP contribution in [0.3, 0.4) is 0 Å². The molecule has 3 rings (SSSR count). The third kappa shape index (κ3) is 6.34. The largest absolute Gasteiger partial charge is 0.388 e. The van der Waals surface area contributed by atoms with Gasteiger partial charge in [0.1, 0.15) is 12.2 Å². The molecule has 1 aliphatic carbocycles. The maximum Gasteiger partial charge on any atom is 0.184 e. The summed E-state index contributed by atoms with van der Waals surface area (Å²) in [6.07, 6.45) is 4.02. The SMILES string of the molecule is CCCC[C@H]1C[C@@H](C)C(OC2OC[C@](C)(O)[C@H](CC)[C@H]2O)[C@@H](O)C1OC1O[C@H](CC)CC[C@H]1C. The van der Waals surface area contributed by atoms with E-state index >= 15 is 0 Å². The van der Waals surface area contributed by atoms with Gasteiger partial charge in [-0.3, -0.25) is 0 Å². The van der Waals surface area contributed by atoms with Gasteiger partial charge < -0.3 is 34.3 Å². The summed E-state index contributed by atoms with van der Waals surface area (Å²) in [6, 6.07) is 0. The van der Waals surface area contributed by atoms with Crippen LogP contribution in [0.2, 0.25) is 0 Å². The number of ether oxygens (including phenoxy) is 4. The van der Waals surface area contributed by atoms with Crippen molar-refractivity contribution in [1.82, 2.24) is 0 Å². The van der Waals surface area contributed by atoms with E-state index in [1.165, 1.54) is 0 Å². The summed E-state index contributed by atoms with van der Waals surface area (Å²) < 4.78 is 24.9. The quantitative estimate of drug-likeness (QED) is 0.453. The van der Waals surface area contributed by atoms with Crippen molar-refractivity contribution < 1.29 is 34.3 Å². The Kier molecular flexibility index (Phi) is 10.2. The van der Waals surface area contributed by atoms with Crippen molar-refractivity contribution in [2.24, 2.45) is 23.7 Å². The van der Waals surface area contributed by atoms with Crippen LogP contribution in [0.15, 0.2) is 0 Å². The van der Waals surface area contributed by atoms with Crippen molar-refractivity contribution in [2.45, 2.75) is 142 Å². The molecule has 0 amide bonds. The van der Waals surface area contributed by atoms with Gasteiger partial charge in [-0.15, -0.1) is 0 Å². The molecular formula is C27H50O7. The first-order chi connectivity index (χ1) is 16.1. The van der Waals surface area contributed by atoms with Crippen molar-refractivity contribution in [3.63, 3.8) is 0 Å². The zero-order chi connectivity index (χ0) is 25.0. The highest BCUT2D eigenvalue weighted by Crippen LogP contribution is 2.41. The zero-order valence-corrected chi connectivity index (χ0v) is 22.2. The smallest absolute Gasteiger partial charge is 0.184 e. The molecule has 3 aliphatic rings. The number of unbranched alkanes of at least 4 members (excludes halogenated alkanes) is 1. The van der Waals surface area contributed by atoms with E-state index in [9.17, 15) is 15.3 Å². The number of aliphatic hydroxyl groups excluding tert-OH is 2. The van der Waals surface area contributed by atoms with Crippen LogP contribution in [0, 0.1) is 23.7 Å². The molecule has 7 heteroatoms. The van der Waals surface area contributed by atoms with Gasteiger partial charge in [-0.1, -0.05) is 47.5 Å². The van der Waals surface area contributed by atoms with E-state index in [1.54, 1.807) is 6.92 Å². The first-order valence-corrected chi connectivity index (χ1v) is 13.8. The monoisotopic (exact) mass is 486 g/mol. The lowest BCUT2D eigenvalue weighted by molar-refractivity contribution is -0.324. The van der Waals surface area contributed by atoms with Crippen LogP contribution < -0.4 is 0 Å². The van der Waals surface area contributed by atoms with E-state index in [0.29, 0.717) is 6.42 Å². The molecule has 34 heavy (non-hydrogen) atoms. The van der Waals surface area contributed by atoms with Crippen molar-refractivity contribution in [1.29, 1.82) is 0 Å². The predicted molar refractivity (Wildman–Crippen MR) is 130 cm³/mol. The molecule has 200 valence electrons. The van der Waals surface area contributed by atoms with Crippen LogP contribution in [0.25, 0.3) is 0 Å². The summed E-state index contributed by atoms with van der Waals surface area (Å²) in [7, 11) is 0. The average molecular weight is 487 g/mol. The highest BCUT2D eigenvalue weighted by Gasteiger charge is 2.50. The Morgan fingerprint density at radius 3 is 2.26 bits per heavy atom. The number of hydrogen-bond acceptors (Lipinski definition) is 7. The van der Waals surface area contributed by atoms with Gasteiger partial charge in [-0.25, -0.2) is 0 Å². The minimum absolute atomic E-state index is 0.0862. The third-order valence-electron chi connectivity index (χ3n) is 8.54. The topological polar surface area (TPSA) is 97.6 Å². The summed E-state index contributed by atoms with van der Waals surface area (Å²) in [4.78, 5) is 0. The van der Waals surface area contributed by atoms with Crippen LogP contribution >= 0.6 is 0 Å². The van der Waals surface area contributed by atoms with E-state index in [1.807, 2.05) is 6.92 Å². The molecule has 7 nitrogen and oxygen atoms in total. The molecule has 0 aromatic rings. The fraction of sp³-hybridized carbons (Fsp3) is 1.00. The maximum absolute atomic E-state index is 11.6. The molecule has 1 saturated carbocycles. The Morgan fingerprint density at radius 1 is 0.912 bits per heavy atom. The van der Waals surface area contributed by atoms with Crippen LogP contribution in [-0.2, 0) is 18.9 Å². The van der Waals surface area contributed by atoms with Gasteiger partial charge in [0, 0.05) is 11.8 Å². The van der Waals surface area contributed by atoms with Crippen LogP contribution in [-0.4, -0.2) is 70.6 Å². The summed E-state index contributed by atoms with van der Waals surface area (Å²) in [5.74, 6) is 0.234. The van der Waals surface area contributed by atoms with E-state index in [4.69, 9.17) is 18.9 Å². The maximum atomic E-state index is 11.6. The number of hydrogen-bond donors (Lipinski definition) is 3. The van der Waals surface area contributed by atoms with E-state index in [0.717, 1.165) is 44.9 Å². The third-order valence-corrected chi connectivity index (χ3v) is 8.54. The average Bonchev–Trinajstić information content (AvgIpc) is 2.79. The van der Waals surface area contributed by atoms with Gasteiger partial charge >= 0.3 is 0 Å². The van der Waals surface area contributed by atoms with Gasteiger partial charge in [0.05, 0.1) is 30.5 Å². The van der Waals surface area contributed by atoms with Gasteiger partial charge in [0.2, 0.25) is 0 Å². The molecule has 3 N–H and O–H groups in total. The van der Waals surface area contributed by atoms with Crippen LogP contribution in [0.1, 0.15) is 92.9 Å². The van der Waals surface area contributed by atoms with Crippen molar-refractivity contribution in [3.8, 4) is 0 Å². The van der Waals surface area contributed by atoms with Gasteiger partial charge in [-0.2, -0.15) is 0 Å². The second-order valence-electron chi connectivity index (χ2n) is 11.4. The fourth-order valence-electron chi connectivity index (χ4n) is 6.27. The first kappa shape index (κ1) is 28.3. The molecule has 2 aliphatic heterocycles. The summed E-state index contributed by atoms with van der Waals surface area (Å²) >= 11 is 0. The minimum Gasteiger partial charge on any atom is -0.388 e. The highest BCUT2D eigenvalue weighted by atomic mass is 16.7. The summed E-state index contributed by atoms with van der Waals surface area (Å²) in [5, 5.41) is 33.1. The van der Waals surface area contributed by atoms with Crippen LogP contribution in [0.4, 0.5) is 0 Å². The molecule has 2 saturated heterocycles. The Bertz CT molecular complexity index is 614. The second-order valence-corrected chi connectivity index (χ2v) is 11.4. The molecule has 2 heterocycles. The van der Waals surface area contributed by atoms with Crippen molar-refractivity contribution in [2.75, 3.05) is 6.61 Å². The van der Waals surface area contributed by atoms with E-state index in [-0.39, 0.29) is 48.8 Å². The molecule has 4 unspecified atom stereocenters. The predicted octanol–water partition coefficient (Wildman–Crippen LogP) is 4.01. The molecular weight excluding hydrogens is 436 g/mol. The number of aliphatic hydroxyl groups is 3. The van der Waals surface area contributed by atoms with E-state index in [2.05, 4.69) is 27.7 Å². The lowest BCUT2D eigenvalue weighted by atomic mass is 9.74. The minimum atomic E-state index is -1.11. The molecule has 0 aromatic heterocycles. The van der Waals surface area contributed by atoms with Gasteiger partial charge in [0.15, 0.2) is 12.6 Å². The molecule has 0 aromatic carbocycles. The normalized spacial score (nSPS) is 48.1. The standard InChI is InChI=1S/C27H50O7/c1-7-10-11-18-14-17(5)23(33-26-21(28)20(9-3)27(6,30)15-31-26)22(29)24(18)34-25-16(4)12-13-19(8-2)32-25/h16-26,28-30H,7-15H2,1-6H3/t16-,17-,18+,19-,20-,21-,22-,23?,24?,25?,26?,27+/m1/s1. The summed E-state index contributed by atoms with van der Waals surface area (Å²) in [6.45, 7) is 12.3. The fourth-order valence-corrected chi connectivity index (χ4v) is 6.27. The Morgan fingerprint density at radius 2 is 1.62 bits per heavy atom. The molecule has 0 spiro atoms. The Hall–Kier alpha value is -0.280. The highest BCUT2D eigenvalue weighted by molar-refractivity contribution is 4.96. The van der Waals surface area contributed by atoms with E-state index < -0.39 is 30.2 Å². The molecule has 3 fully saturated rings. The number of rotatable bonds is 9. The lowest BCUT2D eigenvalue weighted by Crippen LogP contribution is -2.60. The van der Waals surface area contributed by atoms with Gasteiger partial charge in [0.25, 0.3) is 0 Å². The molecule has 0 bridgehead atoms. The Balaban J connectivity index is 1.75. The summed E-state index contributed by atoms with van der Waals surface area (Å²) in [5.41, 5.74) is -1.11. The second kappa shape index (κ2) is 12.3. The molecule has 12 atom stereocenters. The molecule has 0 radical (unpaired) electrons. The Labute approximate surface area is 206 Å². The first-order valence-electron chi connectivity index (χ1n) is 13.8. The zero-order valence-electron chi connectivity index (χ0n) is 22.2. The van der Waals surface area contributed by atoms with Crippen LogP contribution in [0.5, 0.6) is 0 Å². The lowest BCUT2D eigenvalue weighted by Gasteiger charge is -2.49.